The van der Waals surface area contributed by atoms with E-state index in [1.807, 2.05) is 30.5 Å². The first-order chi connectivity index (χ1) is 9.19. The number of nitrogen functional groups attached to an aromatic ring is 1. The monoisotopic (exact) mass is 336 g/mol. The number of halogens is 1. The van der Waals surface area contributed by atoms with Crippen LogP contribution in [0.4, 0.5) is 5.95 Å². The minimum absolute atomic E-state index is 0.278. The van der Waals surface area contributed by atoms with Gasteiger partial charge in [0.25, 0.3) is 5.78 Å². The molecule has 19 heavy (non-hydrogen) atoms. The van der Waals surface area contributed by atoms with Crippen molar-refractivity contribution in [3.05, 3.63) is 28.7 Å². The number of nitrogens with two attached hydrogens (primary N) is 1. The van der Waals surface area contributed by atoms with Crippen LogP contribution in [0, 0.1) is 0 Å². The van der Waals surface area contributed by atoms with Gasteiger partial charge in [-0.05, 0) is 18.4 Å². The van der Waals surface area contributed by atoms with Gasteiger partial charge in [0.15, 0.2) is 11.0 Å². The molecule has 0 bridgehead atoms. The van der Waals surface area contributed by atoms with Gasteiger partial charge in [-0.25, -0.2) is 0 Å². The second kappa shape index (κ2) is 4.78. The quantitative estimate of drug-likeness (QED) is 0.723. The summed E-state index contributed by atoms with van der Waals surface area (Å²) >= 11 is 4.89. The van der Waals surface area contributed by atoms with Gasteiger partial charge in [-0.15, -0.1) is 5.10 Å². The average molecular weight is 337 g/mol. The van der Waals surface area contributed by atoms with Crippen molar-refractivity contribution in [2.45, 2.75) is 5.16 Å². The molecule has 0 saturated carbocycles. The average Bonchev–Trinajstić information content (AvgIpc) is 2.83. The summed E-state index contributed by atoms with van der Waals surface area (Å²) in [6.07, 6.45) is 1.89. The number of aromatic nitrogens is 5. The smallest absolute Gasteiger partial charge is 0.258 e. The number of hydrogen-bond acceptors (Lipinski definition) is 6. The zero-order valence-electron chi connectivity index (χ0n) is 9.91. The van der Waals surface area contributed by atoms with Gasteiger partial charge >= 0.3 is 0 Å². The van der Waals surface area contributed by atoms with Crippen LogP contribution in [-0.2, 0) is 0 Å². The van der Waals surface area contributed by atoms with Crippen molar-refractivity contribution >= 4 is 39.4 Å². The summed E-state index contributed by atoms with van der Waals surface area (Å²) in [4.78, 5) is 12.8. The highest BCUT2D eigenvalue weighted by Crippen LogP contribution is 2.25. The molecule has 0 aliphatic heterocycles. The molecule has 1 aromatic carbocycles. The highest BCUT2D eigenvalue weighted by molar-refractivity contribution is 9.10. The first-order valence-corrected chi connectivity index (χ1v) is 7.40. The van der Waals surface area contributed by atoms with Crippen LogP contribution in [0.2, 0.25) is 0 Å². The molecule has 8 heteroatoms. The molecule has 2 aromatic heterocycles. The van der Waals surface area contributed by atoms with Crippen molar-refractivity contribution < 1.29 is 0 Å². The Balaban J connectivity index is 2.22. The first-order valence-electron chi connectivity index (χ1n) is 5.38. The van der Waals surface area contributed by atoms with E-state index in [-0.39, 0.29) is 5.95 Å². The molecular weight excluding hydrogens is 328 g/mol. The molecule has 0 fully saturated rings. The highest BCUT2D eigenvalue weighted by atomic mass is 79.9. The fourth-order valence-electron chi connectivity index (χ4n) is 1.63. The van der Waals surface area contributed by atoms with Crippen LogP contribution in [0.15, 0.2) is 33.9 Å². The molecule has 0 spiro atoms. The van der Waals surface area contributed by atoms with Crippen LogP contribution < -0.4 is 5.73 Å². The number of fused-ring (bicyclic) bond motifs is 1. The van der Waals surface area contributed by atoms with Crippen molar-refractivity contribution in [3.63, 3.8) is 0 Å². The molecule has 3 aromatic rings. The Morgan fingerprint density at radius 1 is 1.21 bits per heavy atom. The van der Waals surface area contributed by atoms with Gasteiger partial charge in [-0.3, -0.25) is 0 Å². The molecule has 2 N–H and O–H groups in total. The molecule has 3 rings (SSSR count). The van der Waals surface area contributed by atoms with Crippen LogP contribution >= 0.6 is 27.7 Å². The lowest BCUT2D eigenvalue weighted by Gasteiger charge is -1.98. The third-order valence-electron chi connectivity index (χ3n) is 2.51. The van der Waals surface area contributed by atoms with Crippen LogP contribution in [0.5, 0.6) is 0 Å². The summed E-state index contributed by atoms with van der Waals surface area (Å²) in [7, 11) is 0. The minimum atomic E-state index is 0.278. The third kappa shape index (κ3) is 2.17. The summed E-state index contributed by atoms with van der Waals surface area (Å²) < 4.78 is 2.36. The second-order valence-corrected chi connectivity index (χ2v) is 5.32. The van der Waals surface area contributed by atoms with Gasteiger partial charge in [0.1, 0.15) is 0 Å². The molecule has 2 heterocycles. The zero-order chi connectivity index (χ0) is 13.4. The van der Waals surface area contributed by atoms with Gasteiger partial charge in [-0.2, -0.15) is 19.5 Å². The van der Waals surface area contributed by atoms with Crippen molar-refractivity contribution in [1.29, 1.82) is 0 Å². The van der Waals surface area contributed by atoms with Gasteiger partial charge in [0.2, 0.25) is 5.95 Å². The summed E-state index contributed by atoms with van der Waals surface area (Å²) in [5.74, 6) is 1.29. The summed E-state index contributed by atoms with van der Waals surface area (Å²) in [6.45, 7) is 0. The molecule has 0 radical (unpaired) electrons. The number of nitrogens with zero attached hydrogens (tertiary/aromatic N) is 5. The molecule has 0 aliphatic rings. The molecular formula is C11H9BrN6S. The number of thioether (sulfide) groups is 1. The van der Waals surface area contributed by atoms with Crippen LogP contribution in [0.3, 0.4) is 0 Å². The van der Waals surface area contributed by atoms with E-state index in [2.05, 4.69) is 36.0 Å². The van der Waals surface area contributed by atoms with Crippen molar-refractivity contribution in [3.8, 4) is 11.4 Å². The van der Waals surface area contributed by atoms with Crippen molar-refractivity contribution in [1.82, 2.24) is 24.6 Å². The minimum Gasteiger partial charge on any atom is -0.368 e. The SMILES string of the molecule is CSc1nc(N)n2nc(-c3ccccc3Br)nc2n1. The Morgan fingerprint density at radius 2 is 2.00 bits per heavy atom. The maximum atomic E-state index is 5.85. The van der Waals surface area contributed by atoms with E-state index >= 15 is 0 Å². The molecule has 0 saturated heterocycles. The Kier molecular flexibility index (Phi) is 3.11. The van der Waals surface area contributed by atoms with Gasteiger partial charge in [-0.1, -0.05) is 39.8 Å². The lowest BCUT2D eigenvalue weighted by atomic mass is 10.2. The van der Waals surface area contributed by atoms with E-state index in [1.165, 1.54) is 16.3 Å². The van der Waals surface area contributed by atoms with Crippen LogP contribution in [-0.4, -0.2) is 30.8 Å². The van der Waals surface area contributed by atoms with E-state index in [0.717, 1.165) is 10.0 Å². The van der Waals surface area contributed by atoms with Gasteiger partial charge in [0, 0.05) is 10.0 Å². The normalized spacial score (nSPS) is 11.1. The zero-order valence-corrected chi connectivity index (χ0v) is 12.3. The number of benzene rings is 1. The van der Waals surface area contributed by atoms with E-state index < -0.39 is 0 Å². The Labute approximate surface area is 121 Å². The molecule has 0 atom stereocenters. The molecule has 0 amide bonds. The second-order valence-electron chi connectivity index (χ2n) is 3.70. The predicted octanol–water partition coefficient (Wildman–Crippen LogP) is 2.25. The van der Waals surface area contributed by atoms with E-state index in [9.17, 15) is 0 Å². The van der Waals surface area contributed by atoms with Gasteiger partial charge in [0.05, 0.1) is 0 Å². The van der Waals surface area contributed by atoms with E-state index in [1.54, 1.807) is 0 Å². The van der Waals surface area contributed by atoms with Crippen LogP contribution in [0.25, 0.3) is 17.2 Å². The fourth-order valence-corrected chi connectivity index (χ4v) is 2.45. The molecule has 96 valence electrons. The first kappa shape index (κ1) is 12.4. The Morgan fingerprint density at radius 3 is 2.74 bits per heavy atom. The van der Waals surface area contributed by atoms with E-state index in [4.69, 9.17) is 5.73 Å². The van der Waals surface area contributed by atoms with Crippen molar-refractivity contribution in [2.24, 2.45) is 0 Å². The maximum absolute atomic E-state index is 5.85. The summed E-state index contributed by atoms with van der Waals surface area (Å²) in [6, 6.07) is 7.72. The largest absolute Gasteiger partial charge is 0.368 e. The Bertz CT molecular complexity index is 756. The highest BCUT2D eigenvalue weighted by Gasteiger charge is 2.13. The lowest BCUT2D eigenvalue weighted by Crippen LogP contribution is -2.04. The van der Waals surface area contributed by atoms with Crippen LogP contribution in [0.1, 0.15) is 0 Å². The number of hydrogen-bond donors (Lipinski definition) is 1. The summed E-state index contributed by atoms with van der Waals surface area (Å²) in [5, 5.41) is 4.91. The standard InChI is InChI=1S/C11H9BrN6S/c1-19-11-15-9(13)18-10(16-11)14-8(17-18)6-4-2-3-5-7(6)12/h2-5H,1H3,(H2,13,14,15,16,17). The summed E-state index contributed by atoms with van der Waals surface area (Å²) in [5.41, 5.74) is 6.73. The number of anilines is 1. The van der Waals surface area contributed by atoms with Gasteiger partial charge < -0.3 is 5.73 Å². The number of rotatable bonds is 2. The molecule has 0 unspecified atom stereocenters. The Hall–Kier alpha value is -1.67. The molecule has 6 nitrogen and oxygen atoms in total. The fraction of sp³-hybridized carbons (Fsp3) is 0.0909. The third-order valence-corrected chi connectivity index (χ3v) is 3.75. The van der Waals surface area contributed by atoms with E-state index in [0.29, 0.717) is 16.8 Å². The molecule has 0 aliphatic carbocycles. The lowest BCUT2D eigenvalue weighted by molar-refractivity contribution is 0.851. The topological polar surface area (TPSA) is 82.0 Å². The predicted molar refractivity (Wildman–Crippen MR) is 77.9 cm³/mol. The maximum Gasteiger partial charge on any atom is 0.258 e. The van der Waals surface area contributed by atoms with Crippen molar-refractivity contribution in [2.75, 3.05) is 12.0 Å².